The van der Waals surface area contributed by atoms with E-state index in [2.05, 4.69) is 30.7 Å². The molecule has 1 atom stereocenters. The second-order valence-electron chi connectivity index (χ2n) is 10.8. The van der Waals surface area contributed by atoms with E-state index >= 15 is 0 Å². The molecule has 0 saturated carbocycles. The summed E-state index contributed by atoms with van der Waals surface area (Å²) in [6, 6.07) is 7.80. The highest BCUT2D eigenvalue weighted by Gasteiger charge is 2.58. The Kier molecular flexibility index (Phi) is 8.25. The number of anilines is 1. The molecule has 3 heterocycles. The molecular weight excluding hydrogens is 585 g/mol. The van der Waals surface area contributed by atoms with Crippen LogP contribution in [-0.4, -0.2) is 92.5 Å². The molecule has 0 bridgehead atoms. The minimum absolute atomic E-state index is 0.0916. The summed E-state index contributed by atoms with van der Waals surface area (Å²) in [5, 5.41) is 16.3. The van der Waals surface area contributed by atoms with Gasteiger partial charge in [-0.05, 0) is 66.4 Å². The number of nitrogens with zero attached hydrogens (tertiary/aromatic N) is 6. The number of rotatable bonds is 8. The van der Waals surface area contributed by atoms with E-state index in [1.54, 1.807) is 38.1 Å². The Hall–Kier alpha value is -5.02. The maximum Gasteiger partial charge on any atom is 0.387 e. The van der Waals surface area contributed by atoms with Crippen molar-refractivity contribution in [3.63, 3.8) is 0 Å². The van der Waals surface area contributed by atoms with Crippen molar-refractivity contribution < 1.29 is 37.1 Å². The summed E-state index contributed by atoms with van der Waals surface area (Å²) >= 11 is 0. The number of H-pyrrole nitrogens is 1. The number of halogens is 3. The largest absolute Gasteiger partial charge is 0.435 e. The van der Waals surface area contributed by atoms with Gasteiger partial charge in [0.25, 0.3) is 11.8 Å². The maximum atomic E-state index is 14.4. The monoisotopic (exact) mass is 614 g/mol. The Morgan fingerprint density at radius 1 is 1.07 bits per heavy atom. The Morgan fingerprint density at radius 3 is 2.34 bits per heavy atom. The first kappa shape index (κ1) is 30.4. The van der Waals surface area contributed by atoms with E-state index in [0.717, 1.165) is 23.1 Å². The summed E-state index contributed by atoms with van der Waals surface area (Å²) in [5.74, 6) is -3.29. The number of ether oxygens (including phenoxy) is 1. The molecule has 2 fully saturated rings. The van der Waals surface area contributed by atoms with Crippen molar-refractivity contribution in [2.75, 3.05) is 25.0 Å². The third-order valence-corrected chi connectivity index (χ3v) is 7.87. The van der Waals surface area contributed by atoms with Crippen LogP contribution in [0.3, 0.4) is 0 Å². The number of carbonyl (C=O) groups excluding carboxylic acids is 4. The van der Waals surface area contributed by atoms with Crippen molar-refractivity contribution in [2.24, 2.45) is 5.92 Å². The average molecular weight is 615 g/mol. The minimum atomic E-state index is -3.17. The van der Waals surface area contributed by atoms with Gasteiger partial charge in [0.05, 0.1) is 5.56 Å². The van der Waals surface area contributed by atoms with E-state index in [-0.39, 0.29) is 25.9 Å². The summed E-state index contributed by atoms with van der Waals surface area (Å²) in [5.41, 5.74) is -0.662. The van der Waals surface area contributed by atoms with Gasteiger partial charge in [0.15, 0.2) is 0 Å². The Labute approximate surface area is 249 Å². The molecule has 2 aliphatic rings. The van der Waals surface area contributed by atoms with Crippen molar-refractivity contribution in [1.29, 1.82) is 0 Å². The third kappa shape index (κ3) is 5.54. The first-order valence-electron chi connectivity index (χ1n) is 13.7. The second-order valence-corrected chi connectivity index (χ2v) is 10.8. The van der Waals surface area contributed by atoms with E-state index in [1.807, 2.05) is 0 Å². The average Bonchev–Trinajstić information content (AvgIpc) is 3.60. The third-order valence-electron chi connectivity index (χ3n) is 7.87. The predicted octanol–water partition coefficient (Wildman–Crippen LogP) is 2.82. The number of urea groups is 1. The summed E-state index contributed by atoms with van der Waals surface area (Å²) in [6.07, 6.45) is 0.251. The van der Waals surface area contributed by atoms with Gasteiger partial charge in [0.1, 0.15) is 23.1 Å². The van der Waals surface area contributed by atoms with Gasteiger partial charge in [-0.2, -0.15) is 14.0 Å². The lowest BCUT2D eigenvalue weighted by Gasteiger charge is -2.43. The highest BCUT2D eigenvalue weighted by Crippen LogP contribution is 2.40. The van der Waals surface area contributed by atoms with Crippen molar-refractivity contribution in [2.45, 2.75) is 44.9 Å². The van der Waals surface area contributed by atoms with E-state index in [0.29, 0.717) is 17.1 Å². The van der Waals surface area contributed by atoms with E-state index in [1.165, 1.54) is 16.8 Å². The minimum Gasteiger partial charge on any atom is -0.435 e. The molecule has 0 aliphatic carbocycles. The zero-order chi connectivity index (χ0) is 31.8. The van der Waals surface area contributed by atoms with Crippen LogP contribution in [0.5, 0.6) is 5.75 Å². The predicted molar refractivity (Wildman–Crippen MR) is 148 cm³/mol. The van der Waals surface area contributed by atoms with Gasteiger partial charge in [0.2, 0.25) is 11.7 Å². The van der Waals surface area contributed by atoms with Crippen molar-refractivity contribution in [3.05, 3.63) is 53.8 Å². The number of aromatic nitrogens is 4. The van der Waals surface area contributed by atoms with E-state index in [9.17, 15) is 32.3 Å². The first-order valence-corrected chi connectivity index (χ1v) is 13.7. The van der Waals surface area contributed by atoms with Crippen LogP contribution in [0.2, 0.25) is 0 Å². The van der Waals surface area contributed by atoms with Crippen molar-refractivity contribution >= 4 is 29.4 Å². The molecule has 13 nitrogen and oxygen atoms in total. The van der Waals surface area contributed by atoms with Crippen molar-refractivity contribution in [1.82, 2.24) is 35.7 Å². The molecule has 5 amide bonds. The molecule has 2 aromatic carbocycles. The summed E-state index contributed by atoms with van der Waals surface area (Å²) in [6.45, 7) is 0.393. The van der Waals surface area contributed by atoms with Crippen LogP contribution in [0.4, 0.5) is 23.7 Å². The number of imide groups is 1. The highest BCUT2D eigenvalue weighted by atomic mass is 19.3. The van der Waals surface area contributed by atoms with Gasteiger partial charge < -0.3 is 15.0 Å². The number of hydrogen-bond acceptors (Lipinski definition) is 8. The Bertz CT molecular complexity index is 1560. The molecule has 1 aromatic heterocycles. The van der Waals surface area contributed by atoms with E-state index in [4.69, 9.17) is 0 Å². The fraction of sp³-hybridized carbons (Fsp3) is 0.393. The summed E-state index contributed by atoms with van der Waals surface area (Å²) in [7, 11) is 1.41. The second kappa shape index (κ2) is 11.9. The fourth-order valence-electron chi connectivity index (χ4n) is 5.55. The van der Waals surface area contributed by atoms with Gasteiger partial charge in [-0.15, -0.1) is 10.2 Å². The first-order chi connectivity index (χ1) is 20.9. The normalized spacial score (nSPS) is 17.1. The number of amides is 5. The number of carbonyl (C=O) groups is 4. The number of piperidine rings is 1. The lowest BCUT2D eigenvalue weighted by Crippen LogP contribution is -2.60. The highest BCUT2D eigenvalue weighted by molar-refractivity contribution is 6.16. The number of alkyl halides is 2. The molecule has 2 saturated heterocycles. The van der Waals surface area contributed by atoms with Gasteiger partial charge in [0, 0.05) is 31.4 Å². The Balaban J connectivity index is 1.32. The zero-order valence-electron chi connectivity index (χ0n) is 24.0. The summed E-state index contributed by atoms with van der Waals surface area (Å²) in [4.78, 5) is 57.3. The number of likely N-dealkylation sites (tertiary alicyclic amines) is 1. The smallest absolute Gasteiger partial charge is 0.387 e. The molecule has 232 valence electrons. The summed E-state index contributed by atoms with van der Waals surface area (Å²) < 4.78 is 43.9. The van der Waals surface area contributed by atoms with Crippen LogP contribution < -0.4 is 15.0 Å². The molecule has 5 rings (SSSR count). The van der Waals surface area contributed by atoms with Gasteiger partial charge in [-0.3, -0.25) is 24.2 Å². The number of likely N-dealkylation sites (N-methyl/N-ethyl adjacent to an activating group) is 1. The van der Waals surface area contributed by atoms with Crippen LogP contribution in [-0.2, 0) is 9.59 Å². The number of hydrogen-bond donors (Lipinski definition) is 2. The number of nitrogens with one attached hydrogen (secondary N) is 2. The molecule has 0 radical (unpaired) electrons. The van der Waals surface area contributed by atoms with Crippen molar-refractivity contribution in [3.8, 4) is 17.1 Å². The maximum absolute atomic E-state index is 14.4. The van der Waals surface area contributed by atoms with Crippen LogP contribution in [0, 0.1) is 11.7 Å². The SMILES string of the molecule is CC(C)[C@@H](NC(=O)c1cc(OC(F)F)ccc1F)C(=O)N1CCC2(CC1)C(=O)N(C)C(=O)N2c1ccc(-c2nn[nH]n2)cc1. The molecule has 3 aromatic rings. The number of benzene rings is 2. The number of aromatic amines is 1. The lowest BCUT2D eigenvalue weighted by molar-refractivity contribution is -0.139. The van der Waals surface area contributed by atoms with Gasteiger partial charge in [-0.1, -0.05) is 13.8 Å². The topological polar surface area (TPSA) is 154 Å². The van der Waals surface area contributed by atoms with Gasteiger partial charge in [-0.25, -0.2) is 9.18 Å². The van der Waals surface area contributed by atoms with Crippen LogP contribution in [0.15, 0.2) is 42.5 Å². The molecular formula is C28H29F3N8O5. The quantitative estimate of drug-likeness (QED) is 0.368. The van der Waals surface area contributed by atoms with Gasteiger partial charge >= 0.3 is 12.6 Å². The molecule has 44 heavy (non-hydrogen) atoms. The number of tetrazole rings is 1. The molecule has 16 heteroatoms. The molecule has 1 spiro atoms. The van der Waals surface area contributed by atoms with Crippen LogP contribution in [0.25, 0.3) is 11.4 Å². The van der Waals surface area contributed by atoms with Crippen LogP contribution in [0.1, 0.15) is 37.0 Å². The van der Waals surface area contributed by atoms with E-state index < -0.39 is 65.0 Å². The standard InChI is InChI=1S/C28H29F3N8O5/c1-15(2)21(32-23(40)19-14-18(44-26(30)31)8-9-20(19)29)24(41)38-12-10-28(11-13-38)25(42)37(3)27(43)39(28)17-6-4-16(5-7-17)22-33-35-36-34-22/h4-9,14-15,21,26H,10-13H2,1-3H3,(H,32,40)(H,33,34,35,36)/t21-/m1/s1. The Morgan fingerprint density at radius 2 is 1.75 bits per heavy atom. The zero-order valence-corrected chi connectivity index (χ0v) is 24.0. The fourth-order valence-corrected chi connectivity index (χ4v) is 5.55. The lowest BCUT2D eigenvalue weighted by atomic mass is 9.85. The molecule has 2 N–H and O–H groups in total. The molecule has 2 aliphatic heterocycles. The van der Waals surface area contributed by atoms with Crippen LogP contribution >= 0.6 is 0 Å². The molecule has 0 unspecified atom stereocenters.